The van der Waals surface area contributed by atoms with Gasteiger partial charge in [0.25, 0.3) is 5.91 Å². The summed E-state index contributed by atoms with van der Waals surface area (Å²) in [5.74, 6) is -0.797. The molecule has 0 aromatic heterocycles. The lowest BCUT2D eigenvalue weighted by atomic mass is 10.1. The highest BCUT2D eigenvalue weighted by atomic mass is 19.1. The molecule has 0 N–H and O–H groups in total. The molecule has 0 fully saturated rings. The Kier molecular flexibility index (Phi) is 3.55. The summed E-state index contributed by atoms with van der Waals surface area (Å²) in [6.07, 6.45) is -1.79. The van der Waals surface area contributed by atoms with Crippen molar-refractivity contribution in [1.29, 1.82) is 0 Å². The first kappa shape index (κ1) is 13.5. The van der Waals surface area contributed by atoms with Crippen LogP contribution in [0, 0.1) is 5.82 Å². The number of carbonyl (C=O) groups excluding carboxylic acids is 1. The Hall–Kier alpha value is -1.91. The van der Waals surface area contributed by atoms with Crippen LogP contribution in [0.3, 0.4) is 0 Å². The molecule has 19 heavy (non-hydrogen) atoms. The first-order valence-electron chi connectivity index (χ1n) is 5.90. The second-order valence-corrected chi connectivity index (χ2v) is 4.56. The van der Waals surface area contributed by atoms with Crippen molar-refractivity contribution in [3.63, 3.8) is 0 Å². The van der Waals surface area contributed by atoms with E-state index < -0.39 is 12.1 Å². The van der Waals surface area contributed by atoms with Gasteiger partial charge >= 0.3 is 0 Å². The quantitative estimate of drug-likeness (QED) is 0.788. The first-order valence-corrected chi connectivity index (χ1v) is 5.90. The molecule has 1 aromatic carbocycles. The summed E-state index contributed by atoms with van der Waals surface area (Å²) in [4.78, 5) is 12.9. The van der Waals surface area contributed by atoms with E-state index in [0.717, 1.165) is 16.5 Å². The maximum atomic E-state index is 14.3. The fourth-order valence-electron chi connectivity index (χ4n) is 2.02. The molecular weight excluding hydrogens is 252 g/mol. The molecule has 1 unspecified atom stereocenters. The number of alkyl halides is 1. The summed E-state index contributed by atoms with van der Waals surface area (Å²) >= 11 is 0. The summed E-state index contributed by atoms with van der Waals surface area (Å²) in [6.45, 7) is 3.61. The number of methoxy groups -OCH3 is 1. The van der Waals surface area contributed by atoms with Crippen LogP contribution in [-0.2, 0) is 4.79 Å². The van der Waals surface area contributed by atoms with Crippen molar-refractivity contribution in [3.05, 3.63) is 40.7 Å². The van der Waals surface area contributed by atoms with Gasteiger partial charge in [0.15, 0.2) is 0 Å². The number of ether oxygens (including phenoxy) is 1. The van der Waals surface area contributed by atoms with Gasteiger partial charge in [0.1, 0.15) is 11.6 Å². The van der Waals surface area contributed by atoms with E-state index in [1.54, 1.807) is 13.8 Å². The van der Waals surface area contributed by atoms with Gasteiger partial charge in [-0.15, -0.1) is 0 Å². The van der Waals surface area contributed by atoms with Gasteiger partial charge in [-0.05, 0) is 31.6 Å². The van der Waals surface area contributed by atoms with Crippen molar-refractivity contribution < 1.29 is 18.3 Å². The molecule has 1 aliphatic heterocycles. The smallest absolute Gasteiger partial charge is 0.252 e. The Balaban J connectivity index is 2.26. The van der Waals surface area contributed by atoms with E-state index in [0.29, 0.717) is 11.3 Å². The molecular formula is C14H15F2NO2. The summed E-state index contributed by atoms with van der Waals surface area (Å²) in [5.41, 5.74) is 1.18. The third-order valence-corrected chi connectivity index (χ3v) is 3.37. The lowest BCUT2D eigenvalue weighted by Crippen LogP contribution is -2.29. The molecule has 0 saturated carbocycles. The van der Waals surface area contributed by atoms with Crippen LogP contribution in [-0.4, -0.2) is 24.5 Å². The van der Waals surface area contributed by atoms with Gasteiger partial charge in [-0.3, -0.25) is 4.79 Å². The summed E-state index contributed by atoms with van der Waals surface area (Å²) in [5, 5.41) is 0. The molecule has 1 aliphatic rings. The monoisotopic (exact) mass is 267 g/mol. The Bertz CT molecular complexity index is 554. The number of halogens is 2. The molecule has 5 heteroatoms. The van der Waals surface area contributed by atoms with E-state index in [4.69, 9.17) is 4.74 Å². The van der Waals surface area contributed by atoms with Crippen molar-refractivity contribution in [2.24, 2.45) is 0 Å². The molecule has 0 radical (unpaired) electrons. The predicted molar refractivity (Wildman–Crippen MR) is 66.9 cm³/mol. The molecule has 3 nitrogen and oxygen atoms in total. The van der Waals surface area contributed by atoms with E-state index in [1.165, 1.54) is 19.2 Å². The molecule has 102 valence electrons. The lowest BCUT2D eigenvalue weighted by molar-refractivity contribution is -0.131. The average Bonchev–Trinajstić information content (AvgIpc) is 2.65. The fraction of sp³-hybridized carbons (Fsp3) is 0.357. The van der Waals surface area contributed by atoms with Crippen LogP contribution in [0.25, 0.3) is 0 Å². The van der Waals surface area contributed by atoms with E-state index >= 15 is 0 Å². The van der Waals surface area contributed by atoms with Crippen LogP contribution in [0.4, 0.5) is 8.78 Å². The van der Waals surface area contributed by atoms with Crippen LogP contribution < -0.4 is 4.74 Å². The first-order chi connectivity index (χ1) is 8.95. The fourth-order valence-corrected chi connectivity index (χ4v) is 2.02. The molecule has 2 rings (SSSR count). The molecule has 1 heterocycles. The predicted octanol–water partition coefficient (Wildman–Crippen LogP) is 2.98. The molecule has 0 aliphatic carbocycles. The van der Waals surface area contributed by atoms with E-state index in [9.17, 15) is 13.6 Å². The zero-order valence-electron chi connectivity index (χ0n) is 11.0. The summed E-state index contributed by atoms with van der Waals surface area (Å²) in [7, 11) is 1.40. The summed E-state index contributed by atoms with van der Waals surface area (Å²) < 4.78 is 33.0. The van der Waals surface area contributed by atoms with E-state index in [2.05, 4.69) is 0 Å². The largest absolute Gasteiger partial charge is 0.497 e. The minimum atomic E-state index is -1.79. The standard InChI is InChI=1S/C14H15F2NO2/c1-8-7-17(14(18)9(8)2)13(16)11-5-4-10(19-3)6-12(11)15/h4-6,13H,7H2,1-3H3. The van der Waals surface area contributed by atoms with Crippen molar-refractivity contribution in [2.75, 3.05) is 13.7 Å². The SMILES string of the molecule is COc1ccc(C(F)N2CC(C)=C(C)C2=O)c(F)c1. The van der Waals surface area contributed by atoms with E-state index in [1.807, 2.05) is 0 Å². The Morgan fingerprint density at radius 2 is 2.05 bits per heavy atom. The summed E-state index contributed by atoms with van der Waals surface area (Å²) in [6, 6.07) is 3.88. The highest BCUT2D eigenvalue weighted by Crippen LogP contribution is 2.32. The van der Waals surface area contributed by atoms with Crippen molar-refractivity contribution in [1.82, 2.24) is 4.90 Å². The number of carbonyl (C=O) groups is 1. The van der Waals surface area contributed by atoms with E-state index in [-0.39, 0.29) is 18.0 Å². The van der Waals surface area contributed by atoms with Crippen LogP contribution >= 0.6 is 0 Å². The Morgan fingerprint density at radius 3 is 2.53 bits per heavy atom. The van der Waals surface area contributed by atoms with Crippen molar-refractivity contribution in [3.8, 4) is 5.75 Å². The number of nitrogens with zero attached hydrogens (tertiary/aromatic N) is 1. The highest BCUT2D eigenvalue weighted by Gasteiger charge is 2.33. The molecule has 0 spiro atoms. The van der Waals surface area contributed by atoms with Gasteiger partial charge in [0.2, 0.25) is 6.30 Å². The van der Waals surface area contributed by atoms with Crippen LogP contribution in [0.2, 0.25) is 0 Å². The van der Waals surface area contributed by atoms with Crippen LogP contribution in [0.15, 0.2) is 29.3 Å². The maximum Gasteiger partial charge on any atom is 0.252 e. The normalized spacial score (nSPS) is 17.1. The van der Waals surface area contributed by atoms with Crippen molar-refractivity contribution >= 4 is 5.91 Å². The van der Waals surface area contributed by atoms with Gasteiger partial charge in [-0.25, -0.2) is 8.78 Å². The number of benzene rings is 1. The van der Waals surface area contributed by atoms with Gasteiger partial charge in [-0.2, -0.15) is 0 Å². The number of hydrogen-bond donors (Lipinski definition) is 0. The minimum Gasteiger partial charge on any atom is -0.497 e. The zero-order chi connectivity index (χ0) is 14.2. The van der Waals surface area contributed by atoms with Gasteiger partial charge in [0.05, 0.1) is 7.11 Å². The second-order valence-electron chi connectivity index (χ2n) is 4.56. The average molecular weight is 267 g/mol. The number of hydrogen-bond acceptors (Lipinski definition) is 2. The second kappa shape index (κ2) is 4.99. The number of amides is 1. The molecule has 0 saturated heterocycles. The minimum absolute atomic E-state index is 0.156. The lowest BCUT2D eigenvalue weighted by Gasteiger charge is -2.22. The molecule has 1 aromatic rings. The maximum absolute atomic E-state index is 14.3. The topological polar surface area (TPSA) is 29.5 Å². The van der Waals surface area contributed by atoms with Gasteiger partial charge in [0, 0.05) is 23.7 Å². The zero-order valence-corrected chi connectivity index (χ0v) is 11.0. The highest BCUT2D eigenvalue weighted by molar-refractivity contribution is 5.96. The molecule has 0 bridgehead atoms. The van der Waals surface area contributed by atoms with Crippen molar-refractivity contribution in [2.45, 2.75) is 20.1 Å². The third kappa shape index (κ3) is 2.32. The molecule has 1 atom stereocenters. The van der Waals surface area contributed by atoms with Gasteiger partial charge in [-0.1, -0.05) is 0 Å². The Morgan fingerprint density at radius 1 is 1.37 bits per heavy atom. The van der Waals surface area contributed by atoms with Crippen LogP contribution in [0.1, 0.15) is 25.7 Å². The molecule has 1 amide bonds. The third-order valence-electron chi connectivity index (χ3n) is 3.37. The number of rotatable bonds is 3. The van der Waals surface area contributed by atoms with Gasteiger partial charge < -0.3 is 9.64 Å². The Labute approximate surface area is 110 Å². The van der Waals surface area contributed by atoms with Crippen LogP contribution in [0.5, 0.6) is 5.75 Å².